The predicted molar refractivity (Wildman–Crippen MR) is 104 cm³/mol. The SMILES string of the molecule is Cc1cccc(C)c1NC(=O)CNC(=O)c1nc(-c2ccccc2)oc1C. The molecule has 0 aliphatic carbocycles. The fourth-order valence-electron chi connectivity index (χ4n) is 2.75. The number of amides is 2. The zero-order chi connectivity index (χ0) is 19.4. The molecule has 0 aliphatic heterocycles. The summed E-state index contributed by atoms with van der Waals surface area (Å²) in [5, 5.41) is 5.42. The van der Waals surface area contributed by atoms with Gasteiger partial charge >= 0.3 is 0 Å². The van der Waals surface area contributed by atoms with E-state index in [4.69, 9.17) is 4.42 Å². The summed E-state index contributed by atoms with van der Waals surface area (Å²) >= 11 is 0. The number of nitrogens with one attached hydrogen (secondary N) is 2. The van der Waals surface area contributed by atoms with Crippen molar-refractivity contribution in [3.8, 4) is 11.5 Å². The van der Waals surface area contributed by atoms with E-state index in [1.807, 2.05) is 62.4 Å². The zero-order valence-electron chi connectivity index (χ0n) is 15.5. The minimum absolute atomic E-state index is 0.153. The van der Waals surface area contributed by atoms with Crippen LogP contribution in [0.5, 0.6) is 0 Å². The molecule has 0 saturated carbocycles. The summed E-state index contributed by atoms with van der Waals surface area (Å²) in [6.45, 7) is 5.36. The molecule has 0 fully saturated rings. The van der Waals surface area contributed by atoms with Crippen LogP contribution in [-0.4, -0.2) is 23.3 Å². The summed E-state index contributed by atoms with van der Waals surface area (Å²) in [4.78, 5) is 28.8. The number of hydrogen-bond donors (Lipinski definition) is 2. The predicted octanol–water partition coefficient (Wildman–Crippen LogP) is 3.64. The van der Waals surface area contributed by atoms with Crippen molar-refractivity contribution in [3.63, 3.8) is 0 Å². The molecule has 138 valence electrons. The van der Waals surface area contributed by atoms with Gasteiger partial charge in [-0.15, -0.1) is 0 Å². The number of oxazole rings is 1. The van der Waals surface area contributed by atoms with E-state index in [1.165, 1.54) is 0 Å². The molecule has 0 bridgehead atoms. The van der Waals surface area contributed by atoms with Gasteiger partial charge in [0.1, 0.15) is 5.76 Å². The molecule has 1 heterocycles. The number of aryl methyl sites for hydroxylation is 3. The van der Waals surface area contributed by atoms with Gasteiger partial charge in [0.2, 0.25) is 11.8 Å². The van der Waals surface area contributed by atoms with E-state index in [-0.39, 0.29) is 18.1 Å². The van der Waals surface area contributed by atoms with Crippen molar-refractivity contribution in [2.75, 3.05) is 11.9 Å². The molecule has 2 aromatic carbocycles. The van der Waals surface area contributed by atoms with Crippen molar-refractivity contribution in [2.24, 2.45) is 0 Å². The van der Waals surface area contributed by atoms with Crippen molar-refractivity contribution < 1.29 is 14.0 Å². The number of nitrogens with zero attached hydrogens (tertiary/aromatic N) is 1. The van der Waals surface area contributed by atoms with Gasteiger partial charge in [0.15, 0.2) is 5.69 Å². The van der Waals surface area contributed by atoms with Crippen LogP contribution in [0.3, 0.4) is 0 Å². The van der Waals surface area contributed by atoms with Gasteiger partial charge in [-0.25, -0.2) is 4.98 Å². The van der Waals surface area contributed by atoms with Gasteiger partial charge in [-0.3, -0.25) is 9.59 Å². The van der Waals surface area contributed by atoms with E-state index >= 15 is 0 Å². The zero-order valence-corrected chi connectivity index (χ0v) is 15.5. The average Bonchev–Trinajstić information content (AvgIpc) is 3.05. The Morgan fingerprint density at radius 1 is 0.963 bits per heavy atom. The van der Waals surface area contributed by atoms with Crippen LogP contribution in [0.2, 0.25) is 0 Å². The Bertz CT molecular complexity index is 957. The molecule has 3 aromatic rings. The van der Waals surface area contributed by atoms with Crippen LogP contribution >= 0.6 is 0 Å². The number of anilines is 1. The minimum Gasteiger partial charge on any atom is -0.441 e. The summed E-state index contributed by atoms with van der Waals surface area (Å²) in [7, 11) is 0. The maximum absolute atomic E-state index is 12.4. The molecule has 6 heteroatoms. The smallest absolute Gasteiger partial charge is 0.273 e. The Labute approximate surface area is 157 Å². The van der Waals surface area contributed by atoms with E-state index in [9.17, 15) is 9.59 Å². The molecule has 0 unspecified atom stereocenters. The van der Waals surface area contributed by atoms with E-state index in [2.05, 4.69) is 15.6 Å². The number of hydrogen-bond acceptors (Lipinski definition) is 4. The Kier molecular flexibility index (Phi) is 5.35. The van der Waals surface area contributed by atoms with E-state index in [0.29, 0.717) is 11.7 Å². The first-order valence-corrected chi connectivity index (χ1v) is 8.63. The Morgan fingerprint density at radius 2 is 1.63 bits per heavy atom. The molecule has 2 N–H and O–H groups in total. The first-order chi connectivity index (χ1) is 13.0. The number of aromatic nitrogens is 1. The summed E-state index contributed by atoms with van der Waals surface area (Å²) < 4.78 is 5.58. The second-order valence-corrected chi connectivity index (χ2v) is 6.29. The number of carbonyl (C=O) groups excluding carboxylic acids is 2. The third-order valence-corrected chi connectivity index (χ3v) is 4.19. The van der Waals surface area contributed by atoms with Gasteiger partial charge in [0.25, 0.3) is 5.91 Å². The van der Waals surface area contributed by atoms with Gasteiger partial charge in [0.05, 0.1) is 6.54 Å². The average molecular weight is 363 g/mol. The van der Waals surface area contributed by atoms with Crippen molar-refractivity contribution in [1.29, 1.82) is 0 Å². The number of benzene rings is 2. The topological polar surface area (TPSA) is 84.2 Å². The van der Waals surface area contributed by atoms with E-state index in [1.54, 1.807) is 6.92 Å². The first-order valence-electron chi connectivity index (χ1n) is 8.63. The molecular formula is C21H21N3O3. The highest BCUT2D eigenvalue weighted by Gasteiger charge is 2.18. The third kappa shape index (κ3) is 4.23. The molecule has 0 radical (unpaired) electrons. The van der Waals surface area contributed by atoms with Crippen LogP contribution < -0.4 is 10.6 Å². The van der Waals surface area contributed by atoms with Crippen molar-refractivity contribution >= 4 is 17.5 Å². The van der Waals surface area contributed by atoms with Gasteiger partial charge in [0, 0.05) is 11.3 Å². The van der Waals surface area contributed by atoms with Crippen LogP contribution in [0.15, 0.2) is 52.9 Å². The highest BCUT2D eigenvalue weighted by atomic mass is 16.4. The molecule has 27 heavy (non-hydrogen) atoms. The van der Waals surface area contributed by atoms with Crippen LogP contribution in [0.25, 0.3) is 11.5 Å². The third-order valence-electron chi connectivity index (χ3n) is 4.19. The summed E-state index contributed by atoms with van der Waals surface area (Å²) in [6.07, 6.45) is 0. The summed E-state index contributed by atoms with van der Waals surface area (Å²) in [6, 6.07) is 15.1. The standard InChI is InChI=1S/C21H21N3O3/c1-13-8-7-9-14(2)18(13)23-17(25)12-22-20(26)19-15(3)27-21(24-19)16-10-5-4-6-11-16/h4-11H,12H2,1-3H3,(H,22,26)(H,23,25). The first kappa shape index (κ1) is 18.4. The number of rotatable bonds is 5. The quantitative estimate of drug-likeness (QED) is 0.725. The molecule has 3 rings (SSSR count). The monoisotopic (exact) mass is 363 g/mol. The van der Waals surface area contributed by atoms with Gasteiger partial charge in [-0.1, -0.05) is 36.4 Å². The molecule has 1 aromatic heterocycles. The maximum atomic E-state index is 12.4. The Hall–Kier alpha value is -3.41. The molecule has 2 amide bonds. The molecule has 0 saturated heterocycles. The lowest BCUT2D eigenvalue weighted by molar-refractivity contribution is -0.115. The fourth-order valence-corrected chi connectivity index (χ4v) is 2.75. The Morgan fingerprint density at radius 3 is 2.30 bits per heavy atom. The lowest BCUT2D eigenvalue weighted by Gasteiger charge is -2.11. The molecule has 0 aliphatic rings. The van der Waals surface area contributed by atoms with Crippen molar-refractivity contribution in [2.45, 2.75) is 20.8 Å². The second-order valence-electron chi connectivity index (χ2n) is 6.29. The largest absolute Gasteiger partial charge is 0.441 e. The van der Waals surface area contributed by atoms with E-state index < -0.39 is 5.91 Å². The van der Waals surface area contributed by atoms with Gasteiger partial charge in [-0.05, 0) is 44.0 Å². The lowest BCUT2D eigenvalue weighted by Crippen LogP contribution is -2.33. The molecule has 6 nitrogen and oxygen atoms in total. The normalized spacial score (nSPS) is 10.5. The van der Waals surface area contributed by atoms with Crippen molar-refractivity contribution in [1.82, 2.24) is 10.3 Å². The molecule has 0 spiro atoms. The summed E-state index contributed by atoms with van der Waals surface area (Å²) in [5.41, 5.74) is 3.66. The Balaban J connectivity index is 1.64. The van der Waals surface area contributed by atoms with Crippen molar-refractivity contribution in [3.05, 3.63) is 71.1 Å². The highest BCUT2D eigenvalue weighted by Crippen LogP contribution is 2.21. The molecule has 0 atom stereocenters. The van der Waals surface area contributed by atoms with Gasteiger partial charge in [-0.2, -0.15) is 0 Å². The maximum Gasteiger partial charge on any atom is 0.273 e. The fraction of sp³-hybridized carbons (Fsp3) is 0.190. The second kappa shape index (κ2) is 7.86. The highest BCUT2D eigenvalue weighted by molar-refractivity contribution is 5.99. The van der Waals surface area contributed by atoms with E-state index in [0.717, 1.165) is 22.4 Å². The minimum atomic E-state index is -0.449. The van der Waals surface area contributed by atoms with Crippen LogP contribution in [0.4, 0.5) is 5.69 Å². The van der Waals surface area contributed by atoms with Crippen LogP contribution in [0.1, 0.15) is 27.4 Å². The van der Waals surface area contributed by atoms with Crippen LogP contribution in [0, 0.1) is 20.8 Å². The summed E-state index contributed by atoms with van der Waals surface area (Å²) in [5.74, 6) is 0.0278. The number of para-hydroxylation sites is 1. The number of carbonyl (C=O) groups is 2. The van der Waals surface area contributed by atoms with Gasteiger partial charge < -0.3 is 15.1 Å². The van der Waals surface area contributed by atoms with Crippen LogP contribution in [-0.2, 0) is 4.79 Å². The lowest BCUT2D eigenvalue weighted by atomic mass is 10.1. The molecular weight excluding hydrogens is 342 g/mol.